The molecule has 0 heterocycles. The number of nitrogens with one attached hydrogen (secondary N) is 1. The van der Waals surface area contributed by atoms with Crippen LogP contribution < -0.4 is 14.4 Å². The number of methoxy groups -OCH3 is 2. The predicted molar refractivity (Wildman–Crippen MR) is 125 cm³/mol. The normalized spacial score (nSPS) is 10.9. The highest BCUT2D eigenvalue weighted by molar-refractivity contribution is 7.92. The molecule has 0 fully saturated rings. The number of hydrogen-bond acceptors (Lipinski definition) is 6. The van der Waals surface area contributed by atoms with Gasteiger partial charge >= 0.3 is 5.97 Å². The van der Waals surface area contributed by atoms with Crippen LogP contribution in [0.15, 0.2) is 77.7 Å². The minimum Gasteiger partial charge on any atom is -0.497 e. The number of esters is 1. The summed E-state index contributed by atoms with van der Waals surface area (Å²) in [6.45, 7) is -0.505. The van der Waals surface area contributed by atoms with Crippen LogP contribution >= 0.6 is 11.6 Å². The minimum absolute atomic E-state index is 0.000534. The molecule has 0 saturated heterocycles. The van der Waals surface area contributed by atoms with Crippen molar-refractivity contribution in [2.75, 3.05) is 30.4 Å². The first-order valence-corrected chi connectivity index (χ1v) is 11.5. The van der Waals surface area contributed by atoms with E-state index >= 15 is 0 Å². The van der Waals surface area contributed by atoms with Crippen molar-refractivity contribution in [3.05, 3.63) is 83.4 Å². The third-order valence-corrected chi connectivity index (χ3v) is 6.75. The molecule has 172 valence electrons. The van der Waals surface area contributed by atoms with Gasteiger partial charge in [0.15, 0.2) is 0 Å². The van der Waals surface area contributed by atoms with E-state index < -0.39 is 28.4 Å². The fourth-order valence-corrected chi connectivity index (χ4v) is 4.60. The maximum Gasteiger partial charge on any atom is 0.339 e. The van der Waals surface area contributed by atoms with Crippen LogP contribution in [0, 0.1) is 0 Å². The second-order valence-electron chi connectivity index (χ2n) is 6.76. The zero-order valence-corrected chi connectivity index (χ0v) is 19.4. The summed E-state index contributed by atoms with van der Waals surface area (Å²) in [6.07, 6.45) is 0. The number of ether oxygens (including phenoxy) is 2. The Labute approximate surface area is 196 Å². The van der Waals surface area contributed by atoms with Crippen molar-refractivity contribution in [3.8, 4) is 5.75 Å². The van der Waals surface area contributed by atoms with Crippen LogP contribution in [0.3, 0.4) is 0 Å². The molecule has 0 aliphatic rings. The van der Waals surface area contributed by atoms with Gasteiger partial charge in [-0.2, -0.15) is 0 Å². The Hall–Kier alpha value is -3.56. The number of nitrogens with zero attached hydrogens (tertiary/aromatic N) is 1. The fraction of sp³-hybridized carbons (Fsp3) is 0.130. The second-order valence-corrected chi connectivity index (χ2v) is 9.03. The lowest BCUT2D eigenvalue weighted by molar-refractivity contribution is -0.114. The lowest BCUT2D eigenvalue weighted by Crippen LogP contribution is -2.38. The van der Waals surface area contributed by atoms with Crippen molar-refractivity contribution in [3.63, 3.8) is 0 Å². The van der Waals surface area contributed by atoms with Crippen LogP contribution in [0.25, 0.3) is 0 Å². The Morgan fingerprint density at radius 1 is 0.970 bits per heavy atom. The molecule has 0 aromatic heterocycles. The zero-order valence-electron chi connectivity index (χ0n) is 17.8. The van der Waals surface area contributed by atoms with Gasteiger partial charge in [-0.1, -0.05) is 29.8 Å². The summed E-state index contributed by atoms with van der Waals surface area (Å²) < 4.78 is 37.5. The number of carbonyl (C=O) groups is 2. The largest absolute Gasteiger partial charge is 0.497 e. The standard InChI is InChI=1S/C23H21ClN2O6S/c1-31-18-9-11-19(12-10-18)33(29,30)26(17-6-4-3-5-7-17)15-22(27)25-16-8-13-21(24)20(14-16)23(28)32-2/h3-14H,15H2,1-2H3,(H,25,27). The van der Waals surface area contributed by atoms with E-state index in [0.29, 0.717) is 11.4 Å². The summed E-state index contributed by atoms with van der Waals surface area (Å²) in [7, 11) is -1.38. The second kappa shape index (κ2) is 10.4. The van der Waals surface area contributed by atoms with Gasteiger partial charge in [-0.15, -0.1) is 0 Å². The van der Waals surface area contributed by atoms with E-state index in [2.05, 4.69) is 10.1 Å². The Morgan fingerprint density at radius 2 is 1.64 bits per heavy atom. The topological polar surface area (TPSA) is 102 Å². The molecule has 3 rings (SSSR count). The lowest BCUT2D eigenvalue weighted by atomic mass is 10.2. The first-order valence-electron chi connectivity index (χ1n) is 9.66. The van der Waals surface area contributed by atoms with E-state index in [0.717, 1.165) is 4.31 Å². The van der Waals surface area contributed by atoms with Crippen LogP contribution in [0.1, 0.15) is 10.4 Å². The molecule has 0 bridgehead atoms. The monoisotopic (exact) mass is 488 g/mol. The van der Waals surface area contributed by atoms with Crippen LogP contribution in [0.2, 0.25) is 5.02 Å². The van der Waals surface area contributed by atoms with Crippen LogP contribution in [-0.4, -0.2) is 41.1 Å². The summed E-state index contributed by atoms with van der Waals surface area (Å²) >= 11 is 6.01. The van der Waals surface area contributed by atoms with Crippen molar-refractivity contribution in [1.29, 1.82) is 0 Å². The molecule has 8 nitrogen and oxygen atoms in total. The van der Waals surface area contributed by atoms with E-state index in [1.807, 2.05) is 0 Å². The molecule has 0 spiro atoms. The van der Waals surface area contributed by atoms with Crippen LogP contribution in [-0.2, 0) is 19.6 Å². The van der Waals surface area contributed by atoms with Gasteiger partial charge in [-0.05, 0) is 54.6 Å². The molecule has 1 amide bonds. The third-order valence-electron chi connectivity index (χ3n) is 4.63. The minimum atomic E-state index is -4.08. The molecule has 0 aliphatic heterocycles. The molecule has 0 radical (unpaired) electrons. The molecule has 0 unspecified atom stereocenters. The Bertz CT molecular complexity index is 1250. The highest BCUT2D eigenvalue weighted by Crippen LogP contribution is 2.26. The zero-order chi connectivity index (χ0) is 24.0. The maximum absolute atomic E-state index is 13.4. The van der Waals surface area contributed by atoms with Gasteiger partial charge < -0.3 is 14.8 Å². The first-order chi connectivity index (χ1) is 15.8. The van der Waals surface area contributed by atoms with E-state index in [1.165, 1.54) is 56.7 Å². The molecule has 10 heteroatoms. The molecule has 0 atom stereocenters. The number of sulfonamides is 1. The summed E-state index contributed by atoms with van der Waals surface area (Å²) in [6, 6.07) is 18.4. The fourth-order valence-electron chi connectivity index (χ4n) is 2.98. The average Bonchev–Trinajstić information content (AvgIpc) is 2.83. The molecule has 0 saturated carbocycles. The van der Waals surface area contributed by atoms with Gasteiger partial charge in [0.2, 0.25) is 5.91 Å². The van der Waals surface area contributed by atoms with Crippen molar-refractivity contribution < 1.29 is 27.5 Å². The quantitative estimate of drug-likeness (QED) is 0.481. The van der Waals surface area contributed by atoms with Gasteiger partial charge in [0.1, 0.15) is 12.3 Å². The number of anilines is 2. The summed E-state index contributed by atoms with van der Waals surface area (Å²) in [5.41, 5.74) is 0.650. The highest BCUT2D eigenvalue weighted by atomic mass is 35.5. The molecular formula is C23H21ClN2O6S. The number of halogens is 1. The van der Waals surface area contributed by atoms with Crippen molar-refractivity contribution in [2.45, 2.75) is 4.90 Å². The van der Waals surface area contributed by atoms with Gasteiger partial charge in [0.25, 0.3) is 10.0 Å². The SMILES string of the molecule is COC(=O)c1cc(NC(=O)CN(c2ccccc2)S(=O)(=O)c2ccc(OC)cc2)ccc1Cl. The van der Waals surface area contributed by atoms with Crippen molar-refractivity contribution in [1.82, 2.24) is 0 Å². The summed E-state index contributed by atoms with van der Waals surface area (Å²) in [4.78, 5) is 24.7. The number of para-hydroxylation sites is 1. The molecular weight excluding hydrogens is 468 g/mol. The van der Waals surface area contributed by atoms with Crippen LogP contribution in [0.4, 0.5) is 11.4 Å². The van der Waals surface area contributed by atoms with E-state index in [-0.39, 0.29) is 21.2 Å². The number of carbonyl (C=O) groups excluding carboxylic acids is 2. The van der Waals surface area contributed by atoms with Crippen molar-refractivity contribution in [2.24, 2.45) is 0 Å². The molecule has 33 heavy (non-hydrogen) atoms. The summed E-state index contributed by atoms with van der Waals surface area (Å²) in [5, 5.41) is 2.76. The average molecular weight is 489 g/mol. The smallest absolute Gasteiger partial charge is 0.339 e. The summed E-state index contributed by atoms with van der Waals surface area (Å²) in [5.74, 6) is -0.778. The van der Waals surface area contributed by atoms with Gasteiger partial charge in [0, 0.05) is 5.69 Å². The Balaban J connectivity index is 1.90. The number of rotatable bonds is 8. The Kier molecular flexibility index (Phi) is 7.57. The predicted octanol–water partition coefficient (Wildman–Crippen LogP) is 3.97. The van der Waals surface area contributed by atoms with E-state index in [4.69, 9.17) is 16.3 Å². The highest BCUT2D eigenvalue weighted by Gasteiger charge is 2.27. The first kappa shape index (κ1) is 24.1. The molecule has 0 aliphatic carbocycles. The molecule has 3 aromatic carbocycles. The van der Waals surface area contributed by atoms with Crippen LogP contribution in [0.5, 0.6) is 5.75 Å². The lowest BCUT2D eigenvalue weighted by Gasteiger charge is -2.24. The van der Waals surface area contributed by atoms with E-state index in [1.54, 1.807) is 30.3 Å². The number of benzene rings is 3. The van der Waals surface area contributed by atoms with Gasteiger partial charge in [-0.3, -0.25) is 9.10 Å². The van der Waals surface area contributed by atoms with Gasteiger partial charge in [-0.25, -0.2) is 13.2 Å². The maximum atomic E-state index is 13.4. The van der Waals surface area contributed by atoms with Gasteiger partial charge in [0.05, 0.1) is 35.4 Å². The molecule has 3 aromatic rings. The number of amides is 1. The Morgan fingerprint density at radius 3 is 2.24 bits per heavy atom. The third kappa shape index (κ3) is 5.63. The van der Waals surface area contributed by atoms with Crippen molar-refractivity contribution >= 4 is 44.9 Å². The number of hydrogen-bond donors (Lipinski definition) is 1. The van der Waals surface area contributed by atoms with E-state index in [9.17, 15) is 18.0 Å². The molecule has 1 N–H and O–H groups in total.